The molecule has 0 aliphatic carbocycles. The SMILES string of the molecule is CCOP(=O)(C[C@H](NC(C)=O)C(C)C)OCC. The first kappa shape index (κ1) is 16.6. The van der Waals surface area contributed by atoms with Gasteiger partial charge in [0.2, 0.25) is 5.91 Å². The Morgan fingerprint density at radius 2 is 1.71 bits per heavy atom. The standard InChI is InChI=1S/C11H24NO4P/c1-6-15-17(14,16-7-2)8-11(9(3)4)12-10(5)13/h9,11H,6-8H2,1-5H3,(H,12,13)/t11-/m0/s1. The Bertz CT molecular complexity index is 271. The quantitative estimate of drug-likeness (QED) is 0.684. The Hall–Kier alpha value is -0.380. The highest BCUT2D eigenvalue weighted by atomic mass is 31.2. The Morgan fingerprint density at radius 3 is 2.00 bits per heavy atom. The van der Waals surface area contributed by atoms with Gasteiger partial charge < -0.3 is 14.4 Å². The summed E-state index contributed by atoms with van der Waals surface area (Å²) < 4.78 is 22.7. The van der Waals surface area contributed by atoms with E-state index in [0.29, 0.717) is 13.2 Å². The van der Waals surface area contributed by atoms with Crippen LogP contribution in [0, 0.1) is 5.92 Å². The van der Waals surface area contributed by atoms with Gasteiger partial charge in [0.25, 0.3) is 0 Å². The zero-order chi connectivity index (χ0) is 13.5. The van der Waals surface area contributed by atoms with Crippen molar-refractivity contribution in [2.75, 3.05) is 19.4 Å². The van der Waals surface area contributed by atoms with Crippen molar-refractivity contribution in [1.29, 1.82) is 0 Å². The number of hydrogen-bond donors (Lipinski definition) is 1. The molecule has 0 aromatic rings. The predicted molar refractivity (Wildman–Crippen MR) is 68.2 cm³/mol. The Balaban J connectivity index is 4.67. The largest absolute Gasteiger partial charge is 0.353 e. The van der Waals surface area contributed by atoms with E-state index < -0.39 is 7.60 Å². The molecule has 17 heavy (non-hydrogen) atoms. The maximum absolute atomic E-state index is 12.3. The molecule has 0 aromatic heterocycles. The summed E-state index contributed by atoms with van der Waals surface area (Å²) in [4.78, 5) is 11.1. The van der Waals surface area contributed by atoms with Gasteiger partial charge >= 0.3 is 7.60 Å². The second-order valence-corrected chi connectivity index (χ2v) is 6.28. The fourth-order valence-corrected chi connectivity index (χ4v) is 3.53. The van der Waals surface area contributed by atoms with Crippen molar-refractivity contribution in [1.82, 2.24) is 5.32 Å². The van der Waals surface area contributed by atoms with Crippen molar-refractivity contribution in [3.05, 3.63) is 0 Å². The molecule has 5 nitrogen and oxygen atoms in total. The van der Waals surface area contributed by atoms with Crippen molar-refractivity contribution in [2.45, 2.75) is 40.7 Å². The van der Waals surface area contributed by atoms with Crippen molar-refractivity contribution in [3.63, 3.8) is 0 Å². The average Bonchev–Trinajstić information content (AvgIpc) is 2.16. The Labute approximate surface area is 104 Å². The molecule has 0 saturated carbocycles. The summed E-state index contributed by atoms with van der Waals surface area (Å²) >= 11 is 0. The number of hydrogen-bond acceptors (Lipinski definition) is 4. The summed E-state index contributed by atoms with van der Waals surface area (Å²) in [5.74, 6) is 0.0383. The molecule has 1 amide bonds. The number of carbonyl (C=O) groups excluding carboxylic acids is 1. The van der Waals surface area contributed by atoms with Crippen LogP contribution in [-0.4, -0.2) is 31.3 Å². The fraction of sp³-hybridized carbons (Fsp3) is 0.909. The van der Waals surface area contributed by atoms with Crippen molar-refractivity contribution < 1.29 is 18.4 Å². The van der Waals surface area contributed by atoms with Gasteiger partial charge in [-0.3, -0.25) is 9.36 Å². The second-order valence-electron chi connectivity index (χ2n) is 4.18. The zero-order valence-corrected chi connectivity index (χ0v) is 12.3. The van der Waals surface area contributed by atoms with Crippen LogP contribution in [0.1, 0.15) is 34.6 Å². The van der Waals surface area contributed by atoms with Crippen molar-refractivity contribution in [2.24, 2.45) is 5.92 Å². The van der Waals surface area contributed by atoms with Crippen molar-refractivity contribution >= 4 is 13.5 Å². The topological polar surface area (TPSA) is 64.6 Å². The highest BCUT2D eigenvalue weighted by Crippen LogP contribution is 2.49. The maximum Gasteiger partial charge on any atom is 0.332 e. The molecule has 0 spiro atoms. The number of carbonyl (C=O) groups is 1. The van der Waals surface area contributed by atoms with Gasteiger partial charge in [0.1, 0.15) is 0 Å². The molecule has 6 heteroatoms. The van der Waals surface area contributed by atoms with Gasteiger partial charge in [0.05, 0.1) is 19.4 Å². The third kappa shape index (κ3) is 6.81. The summed E-state index contributed by atoms with van der Waals surface area (Å²) in [5.41, 5.74) is 0. The summed E-state index contributed by atoms with van der Waals surface area (Å²) in [6.07, 6.45) is 0.214. The zero-order valence-electron chi connectivity index (χ0n) is 11.4. The normalized spacial score (nSPS) is 13.8. The first-order valence-corrected chi connectivity index (χ1v) is 7.72. The van der Waals surface area contributed by atoms with E-state index in [2.05, 4.69) is 5.32 Å². The molecule has 0 unspecified atom stereocenters. The molecule has 0 heterocycles. The second kappa shape index (κ2) is 7.85. The lowest BCUT2D eigenvalue weighted by molar-refractivity contribution is -0.119. The summed E-state index contributed by atoms with van der Waals surface area (Å²) in [6, 6.07) is -0.198. The smallest absolute Gasteiger partial charge is 0.332 e. The summed E-state index contributed by atoms with van der Waals surface area (Å²) in [7, 11) is -3.10. The van der Waals surface area contributed by atoms with Crippen LogP contribution in [0.15, 0.2) is 0 Å². The van der Waals surface area contributed by atoms with Crippen LogP contribution < -0.4 is 5.32 Å². The van der Waals surface area contributed by atoms with E-state index in [0.717, 1.165) is 0 Å². The van der Waals surface area contributed by atoms with Gasteiger partial charge in [-0.05, 0) is 19.8 Å². The number of rotatable bonds is 8. The molecule has 0 aliphatic heterocycles. The highest BCUT2D eigenvalue weighted by molar-refractivity contribution is 7.53. The Kier molecular flexibility index (Phi) is 7.68. The first-order valence-electron chi connectivity index (χ1n) is 5.99. The van der Waals surface area contributed by atoms with Crippen LogP contribution in [0.5, 0.6) is 0 Å². The average molecular weight is 265 g/mol. The number of amides is 1. The molecule has 0 saturated heterocycles. The van der Waals surface area contributed by atoms with Gasteiger partial charge in [-0.15, -0.1) is 0 Å². The third-order valence-electron chi connectivity index (χ3n) is 2.27. The molecular formula is C11H24NO4P. The lowest BCUT2D eigenvalue weighted by atomic mass is 10.1. The van der Waals surface area contributed by atoms with Gasteiger partial charge in [0.15, 0.2) is 0 Å². The van der Waals surface area contributed by atoms with Gasteiger partial charge in [-0.1, -0.05) is 13.8 Å². The van der Waals surface area contributed by atoms with Crippen LogP contribution in [0.4, 0.5) is 0 Å². The first-order chi connectivity index (χ1) is 7.84. The lowest BCUT2D eigenvalue weighted by Gasteiger charge is -2.26. The minimum atomic E-state index is -3.10. The number of nitrogens with one attached hydrogen (secondary N) is 1. The van der Waals surface area contributed by atoms with Crippen LogP contribution in [-0.2, 0) is 18.4 Å². The monoisotopic (exact) mass is 265 g/mol. The van der Waals surface area contributed by atoms with Crippen LogP contribution in [0.25, 0.3) is 0 Å². The van der Waals surface area contributed by atoms with E-state index in [4.69, 9.17) is 9.05 Å². The van der Waals surface area contributed by atoms with E-state index in [-0.39, 0.29) is 24.0 Å². The summed E-state index contributed by atoms with van der Waals surface area (Å²) in [5, 5.41) is 2.78. The molecule has 0 rings (SSSR count). The molecule has 102 valence electrons. The fourth-order valence-electron chi connectivity index (χ4n) is 1.46. The lowest BCUT2D eigenvalue weighted by Crippen LogP contribution is -2.40. The maximum atomic E-state index is 12.3. The van der Waals surface area contributed by atoms with Crippen LogP contribution >= 0.6 is 7.60 Å². The molecule has 0 aromatic carbocycles. The highest BCUT2D eigenvalue weighted by Gasteiger charge is 2.30. The molecule has 0 bridgehead atoms. The van der Waals surface area contributed by atoms with Gasteiger partial charge in [-0.25, -0.2) is 0 Å². The van der Waals surface area contributed by atoms with Gasteiger partial charge in [-0.2, -0.15) is 0 Å². The molecule has 1 atom stereocenters. The molecule has 1 N–H and O–H groups in total. The molecular weight excluding hydrogens is 241 g/mol. The minimum Gasteiger partial charge on any atom is -0.353 e. The molecule has 0 aliphatic rings. The molecule has 0 fully saturated rings. The summed E-state index contributed by atoms with van der Waals surface area (Å²) in [6.45, 7) is 9.58. The van der Waals surface area contributed by atoms with Crippen molar-refractivity contribution in [3.8, 4) is 0 Å². The van der Waals surface area contributed by atoms with E-state index in [1.165, 1.54) is 6.92 Å². The third-order valence-corrected chi connectivity index (χ3v) is 4.41. The van der Waals surface area contributed by atoms with Gasteiger partial charge in [0, 0.05) is 13.0 Å². The van der Waals surface area contributed by atoms with E-state index in [9.17, 15) is 9.36 Å². The predicted octanol–water partition coefficient (Wildman–Crippen LogP) is 2.41. The van der Waals surface area contributed by atoms with E-state index in [1.807, 2.05) is 13.8 Å². The van der Waals surface area contributed by atoms with E-state index >= 15 is 0 Å². The van der Waals surface area contributed by atoms with E-state index in [1.54, 1.807) is 13.8 Å². The van der Waals surface area contributed by atoms with Crippen LogP contribution in [0.2, 0.25) is 0 Å². The molecule has 0 radical (unpaired) electrons. The minimum absolute atomic E-state index is 0.136. The Morgan fingerprint density at radius 1 is 1.24 bits per heavy atom. The van der Waals surface area contributed by atoms with Crippen LogP contribution in [0.3, 0.4) is 0 Å².